The molecular weight excluding hydrogens is 541 g/mol. The van der Waals surface area contributed by atoms with Gasteiger partial charge in [-0.3, -0.25) is 14.5 Å². The number of piperazine rings is 1. The molecule has 6 nitrogen and oxygen atoms in total. The van der Waals surface area contributed by atoms with Crippen molar-refractivity contribution in [2.75, 3.05) is 36.0 Å². The SMILES string of the molecule is O=C(c1ccc(/C=C2\Oc3ccccc3N(Cc3ccc(Cl)cc3)C2=O)cc1)N1CCN(c2ccc(F)cc2)CC1. The zero-order valence-corrected chi connectivity index (χ0v) is 22.9. The van der Waals surface area contributed by atoms with E-state index in [4.69, 9.17) is 16.3 Å². The minimum absolute atomic E-state index is 0.0454. The van der Waals surface area contributed by atoms with Gasteiger partial charge in [0.25, 0.3) is 11.8 Å². The van der Waals surface area contributed by atoms with Crippen molar-refractivity contribution in [2.45, 2.75) is 6.54 Å². The van der Waals surface area contributed by atoms with Crippen molar-refractivity contribution in [2.24, 2.45) is 0 Å². The van der Waals surface area contributed by atoms with E-state index in [0.717, 1.165) is 16.8 Å². The lowest BCUT2D eigenvalue weighted by Crippen LogP contribution is -2.48. The van der Waals surface area contributed by atoms with Crippen LogP contribution in [0.25, 0.3) is 6.08 Å². The summed E-state index contributed by atoms with van der Waals surface area (Å²) in [7, 11) is 0. The summed E-state index contributed by atoms with van der Waals surface area (Å²) in [4.78, 5) is 32.3. The third kappa shape index (κ3) is 5.81. The lowest BCUT2D eigenvalue weighted by molar-refractivity contribution is -0.117. The molecule has 0 bridgehead atoms. The first kappa shape index (κ1) is 26.6. The predicted octanol–water partition coefficient (Wildman–Crippen LogP) is 6.41. The van der Waals surface area contributed by atoms with E-state index in [1.54, 1.807) is 47.4 Å². The number of amides is 2. The summed E-state index contributed by atoms with van der Waals surface area (Å²) in [5, 5.41) is 0.636. The normalized spacial score (nSPS) is 16.0. The number of benzene rings is 4. The number of fused-ring (bicyclic) bond motifs is 1. The van der Waals surface area contributed by atoms with Crippen LogP contribution in [0, 0.1) is 5.82 Å². The molecule has 0 N–H and O–H groups in total. The summed E-state index contributed by atoms with van der Waals surface area (Å²) in [5.41, 5.74) is 3.92. The number of anilines is 2. The number of carbonyl (C=O) groups excluding carboxylic acids is 2. The first-order chi connectivity index (χ1) is 19.9. The van der Waals surface area contributed by atoms with Crippen LogP contribution in [0.5, 0.6) is 5.75 Å². The smallest absolute Gasteiger partial charge is 0.294 e. The standard InChI is InChI=1S/C33H27ClFN3O3/c34-26-11-7-24(8-12-26)22-38-29-3-1-2-4-30(29)41-31(33(38)40)21-23-5-9-25(10-6-23)32(39)37-19-17-36(18-20-37)28-15-13-27(35)14-16-28/h1-16,21H,17-20,22H2/b31-21-. The Balaban J connectivity index is 1.15. The van der Waals surface area contributed by atoms with Gasteiger partial charge in [-0.25, -0.2) is 4.39 Å². The first-order valence-corrected chi connectivity index (χ1v) is 13.8. The van der Waals surface area contributed by atoms with Crippen molar-refractivity contribution in [1.29, 1.82) is 0 Å². The maximum atomic E-state index is 13.5. The van der Waals surface area contributed by atoms with Gasteiger partial charge < -0.3 is 14.5 Å². The molecule has 0 aliphatic carbocycles. The summed E-state index contributed by atoms with van der Waals surface area (Å²) < 4.78 is 19.3. The molecule has 8 heteroatoms. The van der Waals surface area contributed by atoms with Crippen molar-refractivity contribution in [3.63, 3.8) is 0 Å². The van der Waals surface area contributed by atoms with E-state index in [-0.39, 0.29) is 23.4 Å². The Morgan fingerprint density at radius 3 is 2.24 bits per heavy atom. The topological polar surface area (TPSA) is 53.1 Å². The van der Waals surface area contributed by atoms with Crippen LogP contribution in [0.1, 0.15) is 21.5 Å². The third-order valence-electron chi connectivity index (χ3n) is 7.30. The number of hydrogen-bond acceptors (Lipinski definition) is 4. The lowest BCUT2D eigenvalue weighted by atomic mass is 10.1. The monoisotopic (exact) mass is 567 g/mol. The lowest BCUT2D eigenvalue weighted by Gasteiger charge is -2.36. The Bertz CT molecular complexity index is 1600. The van der Waals surface area contributed by atoms with E-state index in [9.17, 15) is 14.0 Å². The molecule has 0 atom stereocenters. The molecule has 41 heavy (non-hydrogen) atoms. The molecule has 6 rings (SSSR count). The van der Waals surface area contributed by atoms with Gasteiger partial charge in [0.1, 0.15) is 5.82 Å². The van der Waals surface area contributed by atoms with Crippen molar-refractivity contribution in [3.8, 4) is 5.75 Å². The average Bonchev–Trinajstić information content (AvgIpc) is 3.01. The summed E-state index contributed by atoms with van der Waals surface area (Å²) in [5.74, 6) is 0.238. The van der Waals surface area contributed by atoms with Gasteiger partial charge in [0, 0.05) is 42.5 Å². The van der Waals surface area contributed by atoms with E-state index in [1.165, 1.54) is 12.1 Å². The fourth-order valence-electron chi connectivity index (χ4n) is 5.07. The van der Waals surface area contributed by atoms with E-state index in [2.05, 4.69) is 4.90 Å². The second-order valence-electron chi connectivity index (χ2n) is 9.97. The zero-order valence-electron chi connectivity index (χ0n) is 22.2. The van der Waals surface area contributed by atoms with Gasteiger partial charge >= 0.3 is 0 Å². The van der Waals surface area contributed by atoms with Crippen LogP contribution in [-0.4, -0.2) is 42.9 Å². The minimum Gasteiger partial charge on any atom is -0.449 e. The molecule has 0 unspecified atom stereocenters. The molecular formula is C33H27ClFN3O3. The molecule has 2 aliphatic rings. The van der Waals surface area contributed by atoms with Crippen LogP contribution in [0.15, 0.2) is 103 Å². The average molecular weight is 568 g/mol. The molecule has 0 spiro atoms. The summed E-state index contributed by atoms with van der Waals surface area (Å²) in [6.45, 7) is 2.88. The van der Waals surface area contributed by atoms with Crippen LogP contribution in [-0.2, 0) is 11.3 Å². The Morgan fingerprint density at radius 1 is 0.854 bits per heavy atom. The van der Waals surface area contributed by atoms with Gasteiger partial charge in [-0.1, -0.05) is 48.0 Å². The third-order valence-corrected chi connectivity index (χ3v) is 7.55. The highest BCUT2D eigenvalue weighted by Gasteiger charge is 2.30. The van der Waals surface area contributed by atoms with E-state index < -0.39 is 0 Å². The first-order valence-electron chi connectivity index (χ1n) is 13.4. The Hall–Kier alpha value is -4.62. The highest BCUT2D eigenvalue weighted by atomic mass is 35.5. The molecule has 206 valence electrons. The Kier molecular flexibility index (Phi) is 7.44. The predicted molar refractivity (Wildman–Crippen MR) is 159 cm³/mol. The fraction of sp³-hybridized carbons (Fsp3) is 0.152. The second-order valence-corrected chi connectivity index (χ2v) is 10.4. The number of halogens is 2. The molecule has 2 heterocycles. The second kappa shape index (κ2) is 11.5. The van der Waals surface area contributed by atoms with Gasteiger partial charge in [0.2, 0.25) is 0 Å². The van der Waals surface area contributed by atoms with Gasteiger partial charge in [-0.05, 0) is 77.9 Å². The highest BCUT2D eigenvalue weighted by molar-refractivity contribution is 6.30. The molecule has 2 aliphatic heterocycles. The molecule has 0 radical (unpaired) electrons. The van der Waals surface area contributed by atoms with Gasteiger partial charge in [0.05, 0.1) is 12.2 Å². The van der Waals surface area contributed by atoms with Gasteiger partial charge in [-0.15, -0.1) is 0 Å². The van der Waals surface area contributed by atoms with Crippen LogP contribution in [0.2, 0.25) is 5.02 Å². The van der Waals surface area contributed by atoms with Crippen molar-refractivity contribution >= 4 is 40.9 Å². The zero-order chi connectivity index (χ0) is 28.3. The van der Waals surface area contributed by atoms with Crippen molar-refractivity contribution in [1.82, 2.24) is 4.90 Å². The Labute approximate surface area is 242 Å². The maximum Gasteiger partial charge on any atom is 0.294 e. The van der Waals surface area contributed by atoms with E-state index in [0.29, 0.717) is 54.7 Å². The fourth-order valence-corrected chi connectivity index (χ4v) is 5.19. The maximum absolute atomic E-state index is 13.5. The number of nitrogens with zero attached hydrogens (tertiary/aromatic N) is 3. The Morgan fingerprint density at radius 2 is 1.54 bits per heavy atom. The molecule has 0 saturated carbocycles. The van der Waals surface area contributed by atoms with Crippen LogP contribution in [0.3, 0.4) is 0 Å². The largest absolute Gasteiger partial charge is 0.449 e. The number of para-hydroxylation sites is 2. The van der Waals surface area contributed by atoms with E-state index in [1.807, 2.05) is 53.4 Å². The quantitative estimate of drug-likeness (QED) is 0.262. The number of carbonyl (C=O) groups is 2. The molecule has 2 amide bonds. The number of ether oxygens (including phenoxy) is 1. The van der Waals surface area contributed by atoms with Crippen LogP contribution >= 0.6 is 11.6 Å². The van der Waals surface area contributed by atoms with Crippen LogP contribution < -0.4 is 14.5 Å². The molecule has 4 aromatic carbocycles. The van der Waals surface area contributed by atoms with Crippen LogP contribution in [0.4, 0.5) is 15.8 Å². The van der Waals surface area contributed by atoms with Crippen molar-refractivity contribution in [3.05, 3.63) is 130 Å². The molecule has 1 saturated heterocycles. The number of rotatable bonds is 5. The van der Waals surface area contributed by atoms with Gasteiger partial charge in [-0.2, -0.15) is 0 Å². The molecule has 1 fully saturated rings. The highest BCUT2D eigenvalue weighted by Crippen LogP contribution is 2.36. The summed E-state index contributed by atoms with van der Waals surface area (Å²) >= 11 is 6.04. The van der Waals surface area contributed by atoms with E-state index >= 15 is 0 Å². The van der Waals surface area contributed by atoms with Gasteiger partial charge in [0.15, 0.2) is 11.5 Å². The van der Waals surface area contributed by atoms with Crippen molar-refractivity contribution < 1.29 is 18.7 Å². The number of hydrogen-bond donors (Lipinski definition) is 0. The minimum atomic E-state index is -0.263. The summed E-state index contributed by atoms with van der Waals surface area (Å²) in [6, 6.07) is 28.4. The molecule has 0 aromatic heterocycles. The molecule has 4 aromatic rings. The summed E-state index contributed by atoms with van der Waals surface area (Å²) in [6.07, 6.45) is 1.70.